The zero-order chi connectivity index (χ0) is 29.0. The molecule has 0 bridgehead atoms. The summed E-state index contributed by atoms with van der Waals surface area (Å²) in [5.41, 5.74) is 0.586. The number of aromatic nitrogens is 1. The third-order valence-electron chi connectivity index (χ3n) is 6.94. The van der Waals surface area contributed by atoms with Gasteiger partial charge < -0.3 is 9.64 Å². The lowest BCUT2D eigenvalue weighted by Gasteiger charge is -2.41. The summed E-state index contributed by atoms with van der Waals surface area (Å²) < 4.78 is 61.2. The number of ether oxygens (including phenoxy) is 1. The molecular weight excluding hydrogens is 582 g/mol. The number of fused-ring (bicyclic) bond motifs is 2. The third kappa shape index (κ3) is 4.58. The van der Waals surface area contributed by atoms with Crippen LogP contribution in [0.3, 0.4) is 0 Å². The number of amides is 3. The highest BCUT2D eigenvalue weighted by atomic mass is 35.5. The Kier molecular flexibility index (Phi) is 6.87. The van der Waals surface area contributed by atoms with E-state index >= 15 is 0 Å². The minimum atomic E-state index is -1.63. The Balaban J connectivity index is 1.47. The Morgan fingerprint density at radius 3 is 2.46 bits per heavy atom. The number of carbonyl (C=O) groups is 2. The van der Waals surface area contributed by atoms with Gasteiger partial charge in [-0.05, 0) is 35.9 Å². The van der Waals surface area contributed by atoms with Crippen molar-refractivity contribution in [3.8, 4) is 5.75 Å². The molecule has 2 atom stereocenters. The molecule has 3 heterocycles. The van der Waals surface area contributed by atoms with Crippen molar-refractivity contribution in [2.45, 2.75) is 17.8 Å². The van der Waals surface area contributed by atoms with Gasteiger partial charge in [-0.3, -0.25) is 9.78 Å². The molecule has 3 aromatic carbocycles. The van der Waals surface area contributed by atoms with Crippen LogP contribution in [-0.2, 0) is 11.3 Å². The topological polar surface area (TPSA) is 62.7 Å². The van der Waals surface area contributed by atoms with E-state index in [0.717, 1.165) is 34.9 Å². The van der Waals surface area contributed by atoms with Gasteiger partial charge in [-0.1, -0.05) is 35.9 Å². The fraction of sp³-hybridized carbons (Fsp3) is 0.138. The predicted octanol–water partition coefficient (Wildman–Crippen LogP) is 6.95. The first kappa shape index (κ1) is 27.1. The number of carbonyl (C=O) groups excluding carboxylic acids is 2. The fourth-order valence-corrected chi connectivity index (χ4v) is 6.68. The Hall–Kier alpha value is -4.09. The molecule has 2 aliphatic rings. The number of rotatable bonds is 5. The van der Waals surface area contributed by atoms with Crippen molar-refractivity contribution in [1.82, 2.24) is 9.88 Å². The lowest BCUT2D eigenvalue weighted by Crippen LogP contribution is -2.61. The van der Waals surface area contributed by atoms with Crippen LogP contribution in [0.1, 0.15) is 11.1 Å². The van der Waals surface area contributed by atoms with E-state index in [9.17, 15) is 27.2 Å². The molecule has 12 heteroatoms. The number of hydrogen-bond acceptors (Lipinski definition) is 5. The number of benzene rings is 3. The molecule has 2 unspecified atom stereocenters. The smallest absolute Gasteiger partial charge is 0.332 e. The van der Waals surface area contributed by atoms with Crippen LogP contribution in [0, 0.1) is 23.3 Å². The Morgan fingerprint density at radius 2 is 1.73 bits per heavy atom. The lowest BCUT2D eigenvalue weighted by molar-refractivity contribution is -0.119. The molecule has 1 saturated heterocycles. The molecule has 0 spiro atoms. The van der Waals surface area contributed by atoms with Gasteiger partial charge in [-0.15, -0.1) is 11.8 Å². The van der Waals surface area contributed by atoms with Gasteiger partial charge in [0.05, 0.1) is 30.1 Å². The zero-order valence-corrected chi connectivity index (χ0v) is 22.6. The van der Waals surface area contributed by atoms with E-state index in [1.165, 1.54) is 24.3 Å². The van der Waals surface area contributed by atoms with Crippen molar-refractivity contribution in [2.24, 2.45) is 0 Å². The summed E-state index contributed by atoms with van der Waals surface area (Å²) in [6, 6.07) is 9.50. The Labute approximate surface area is 240 Å². The molecule has 3 amide bonds. The maximum atomic E-state index is 14.2. The van der Waals surface area contributed by atoms with E-state index in [0.29, 0.717) is 21.2 Å². The highest BCUT2D eigenvalue weighted by Gasteiger charge is 2.50. The first-order valence-corrected chi connectivity index (χ1v) is 13.5. The molecular formula is C29H18ClF4N3O3S. The highest BCUT2D eigenvalue weighted by Crippen LogP contribution is 2.48. The van der Waals surface area contributed by atoms with Crippen LogP contribution in [0.2, 0.25) is 5.02 Å². The van der Waals surface area contributed by atoms with Gasteiger partial charge in [0.15, 0.2) is 29.0 Å². The highest BCUT2D eigenvalue weighted by molar-refractivity contribution is 8.09. The summed E-state index contributed by atoms with van der Waals surface area (Å²) in [6.45, 7) is -0.346. The first-order valence-electron chi connectivity index (χ1n) is 12.2. The molecule has 0 aliphatic carbocycles. The predicted molar refractivity (Wildman–Crippen MR) is 148 cm³/mol. The maximum Gasteiger partial charge on any atom is 0.332 e. The van der Waals surface area contributed by atoms with Gasteiger partial charge in [0.25, 0.3) is 5.91 Å². The minimum absolute atomic E-state index is 0.0211. The first-order chi connectivity index (χ1) is 19.7. The number of hydrogen-bond donors (Lipinski definition) is 0. The number of thioether (sulfide) groups is 1. The quantitative estimate of drug-likeness (QED) is 0.184. The third-order valence-corrected chi connectivity index (χ3v) is 8.60. The standard InChI is InChI=1S/C29H18ClF4N3O3S/c1-40-24-8-17(18(30)9-19(24)31)25-10-22-27(41-25)28(38)37(23-12-35-11-15-4-2-3-5-16(15)23)29(39)36(22)13-14-6-20(32)26(34)21(33)7-14/h2-12,22,27H,13H2,1H3. The molecule has 1 fully saturated rings. The van der Waals surface area contributed by atoms with Crippen molar-refractivity contribution >= 4 is 56.7 Å². The Morgan fingerprint density at radius 1 is 1.00 bits per heavy atom. The van der Waals surface area contributed by atoms with Gasteiger partial charge in [0, 0.05) is 34.0 Å². The number of nitrogens with zero attached hydrogens (tertiary/aromatic N) is 3. The summed E-state index contributed by atoms with van der Waals surface area (Å²) in [6.07, 6.45) is 4.61. The number of imide groups is 1. The van der Waals surface area contributed by atoms with E-state index in [4.69, 9.17) is 16.3 Å². The van der Waals surface area contributed by atoms with Crippen LogP contribution in [0.4, 0.5) is 28.0 Å². The van der Waals surface area contributed by atoms with Gasteiger partial charge in [-0.2, -0.15) is 0 Å². The molecule has 2 aliphatic heterocycles. The van der Waals surface area contributed by atoms with Crippen LogP contribution >= 0.6 is 23.4 Å². The average Bonchev–Trinajstić information content (AvgIpc) is 3.40. The van der Waals surface area contributed by atoms with Gasteiger partial charge in [-0.25, -0.2) is 27.3 Å². The summed E-state index contributed by atoms with van der Waals surface area (Å²) in [5, 5.41) is 0.432. The number of urea groups is 1. The second kappa shape index (κ2) is 10.4. The van der Waals surface area contributed by atoms with Gasteiger partial charge >= 0.3 is 6.03 Å². The maximum absolute atomic E-state index is 14.2. The van der Waals surface area contributed by atoms with Crippen molar-refractivity contribution in [2.75, 3.05) is 12.0 Å². The second-order valence-electron chi connectivity index (χ2n) is 9.36. The van der Waals surface area contributed by atoms with E-state index in [-0.39, 0.29) is 28.6 Å². The fourth-order valence-electron chi connectivity index (χ4n) is 5.01. The summed E-state index contributed by atoms with van der Waals surface area (Å²) >= 11 is 7.46. The zero-order valence-electron chi connectivity index (χ0n) is 21.1. The largest absolute Gasteiger partial charge is 0.494 e. The van der Waals surface area contributed by atoms with Crippen molar-refractivity contribution in [3.05, 3.63) is 106 Å². The van der Waals surface area contributed by atoms with E-state index < -0.39 is 46.5 Å². The number of halogens is 5. The number of anilines is 1. The molecule has 0 saturated carbocycles. The van der Waals surface area contributed by atoms with E-state index in [1.54, 1.807) is 36.5 Å². The van der Waals surface area contributed by atoms with Crippen LogP contribution in [0.25, 0.3) is 15.7 Å². The van der Waals surface area contributed by atoms with Crippen LogP contribution < -0.4 is 9.64 Å². The average molecular weight is 600 g/mol. The molecule has 208 valence electrons. The number of pyridine rings is 1. The van der Waals surface area contributed by atoms with Crippen LogP contribution in [0.15, 0.2) is 67.0 Å². The van der Waals surface area contributed by atoms with Crippen LogP contribution in [-0.4, -0.2) is 40.2 Å². The number of methoxy groups -OCH3 is 1. The van der Waals surface area contributed by atoms with E-state index in [2.05, 4.69) is 4.98 Å². The molecule has 41 heavy (non-hydrogen) atoms. The molecule has 6 nitrogen and oxygen atoms in total. The minimum Gasteiger partial charge on any atom is -0.494 e. The van der Waals surface area contributed by atoms with E-state index in [1.807, 2.05) is 0 Å². The lowest BCUT2D eigenvalue weighted by atomic mass is 10.0. The molecule has 0 N–H and O–H groups in total. The molecule has 6 rings (SSSR count). The molecule has 4 aromatic rings. The monoisotopic (exact) mass is 599 g/mol. The summed E-state index contributed by atoms with van der Waals surface area (Å²) in [5.74, 6) is -5.74. The second-order valence-corrected chi connectivity index (χ2v) is 11.0. The Bertz CT molecular complexity index is 1760. The SMILES string of the molecule is COc1cc(C2=CC3C(S2)C(=O)N(c2cncc4ccccc24)C(=O)N3Cc2cc(F)c(F)c(F)c2)c(Cl)cc1F. The molecule has 1 aromatic heterocycles. The van der Waals surface area contributed by atoms with Crippen molar-refractivity contribution in [3.63, 3.8) is 0 Å². The summed E-state index contributed by atoms with van der Waals surface area (Å²) in [7, 11) is 1.30. The van der Waals surface area contributed by atoms with Crippen LogP contribution in [0.5, 0.6) is 5.75 Å². The van der Waals surface area contributed by atoms with Crippen molar-refractivity contribution < 1.29 is 31.9 Å². The normalized spacial score (nSPS) is 18.6. The van der Waals surface area contributed by atoms with Crippen molar-refractivity contribution in [1.29, 1.82) is 0 Å². The van der Waals surface area contributed by atoms with Gasteiger partial charge in [0.1, 0.15) is 5.25 Å². The summed E-state index contributed by atoms with van der Waals surface area (Å²) in [4.78, 5) is 34.9. The molecule has 0 radical (unpaired) electrons. The van der Waals surface area contributed by atoms with Gasteiger partial charge in [0.2, 0.25) is 0 Å².